The van der Waals surface area contributed by atoms with Gasteiger partial charge >= 0.3 is 6.09 Å². The van der Waals surface area contributed by atoms with Crippen LogP contribution in [0.1, 0.15) is 22.3 Å². The van der Waals surface area contributed by atoms with E-state index in [0.29, 0.717) is 31.5 Å². The Kier molecular flexibility index (Phi) is 6.71. The Hall–Kier alpha value is -4.02. The normalized spacial score (nSPS) is 15.0. The lowest BCUT2D eigenvalue weighted by atomic mass is 10.0. The summed E-state index contributed by atoms with van der Waals surface area (Å²) in [6.07, 6.45) is 3.13. The average Bonchev–Trinajstić information content (AvgIpc) is 3.19. The summed E-state index contributed by atoms with van der Waals surface area (Å²) in [5, 5.41) is 18.9. The molecule has 11 heteroatoms. The molecule has 2 aromatic heterocycles. The highest BCUT2D eigenvalue weighted by atomic mass is 19.1. The van der Waals surface area contributed by atoms with E-state index in [-0.39, 0.29) is 35.5 Å². The third-order valence-corrected chi connectivity index (χ3v) is 5.68. The zero-order valence-corrected chi connectivity index (χ0v) is 18.5. The molecule has 0 saturated carbocycles. The third kappa shape index (κ3) is 5.13. The number of nitrogens with zero attached hydrogens (tertiary/aromatic N) is 4. The molecule has 3 N–H and O–H groups in total. The van der Waals surface area contributed by atoms with Crippen LogP contribution in [0.25, 0.3) is 11.3 Å². The fraction of sp³-hybridized carbons (Fsp3) is 0.304. The Morgan fingerprint density at radius 2 is 2.09 bits per heavy atom. The molecule has 0 unspecified atom stereocenters. The smallest absolute Gasteiger partial charge is 0.407 e. The fourth-order valence-electron chi connectivity index (χ4n) is 3.77. The van der Waals surface area contributed by atoms with Gasteiger partial charge in [-0.15, -0.1) is 0 Å². The molecule has 0 bridgehead atoms. The van der Waals surface area contributed by atoms with Crippen molar-refractivity contribution in [3.05, 3.63) is 65.5 Å². The van der Waals surface area contributed by atoms with E-state index in [0.717, 1.165) is 11.6 Å². The van der Waals surface area contributed by atoms with E-state index in [9.17, 15) is 18.4 Å². The Bertz CT molecular complexity index is 1220. The topological polar surface area (TPSA) is 112 Å². The van der Waals surface area contributed by atoms with Gasteiger partial charge in [0.05, 0.1) is 17.8 Å². The van der Waals surface area contributed by atoms with Crippen LogP contribution in [0, 0.1) is 11.6 Å². The van der Waals surface area contributed by atoms with Crippen LogP contribution in [0.2, 0.25) is 0 Å². The lowest BCUT2D eigenvalue weighted by molar-refractivity contribution is 0.0704. The van der Waals surface area contributed by atoms with E-state index in [1.807, 2.05) is 0 Å². The number of likely N-dealkylation sites (tertiary alicyclic amines) is 1. The van der Waals surface area contributed by atoms with Gasteiger partial charge in [-0.05, 0) is 36.6 Å². The van der Waals surface area contributed by atoms with Gasteiger partial charge in [0.1, 0.15) is 17.3 Å². The molecule has 3 aromatic rings. The molecule has 1 aliphatic heterocycles. The van der Waals surface area contributed by atoms with Gasteiger partial charge < -0.3 is 20.6 Å². The minimum atomic E-state index is -1.04. The molecule has 3 heterocycles. The summed E-state index contributed by atoms with van der Waals surface area (Å²) in [5.41, 5.74) is 1.23. The van der Waals surface area contributed by atoms with Crippen molar-refractivity contribution in [2.45, 2.75) is 18.9 Å². The van der Waals surface area contributed by atoms with Crippen molar-refractivity contribution < 1.29 is 23.5 Å². The van der Waals surface area contributed by atoms with Gasteiger partial charge in [-0.2, -0.15) is 5.10 Å². The molecule has 9 nitrogen and oxygen atoms in total. The van der Waals surface area contributed by atoms with Crippen LogP contribution < -0.4 is 10.6 Å². The molecule has 1 fully saturated rings. The Morgan fingerprint density at radius 1 is 1.26 bits per heavy atom. The predicted octanol–water partition coefficient (Wildman–Crippen LogP) is 2.90. The van der Waals surface area contributed by atoms with Crippen molar-refractivity contribution in [3.63, 3.8) is 0 Å². The van der Waals surface area contributed by atoms with Crippen LogP contribution in [-0.2, 0) is 13.5 Å². The number of rotatable bonds is 8. The second-order valence-corrected chi connectivity index (χ2v) is 8.05. The Labute approximate surface area is 194 Å². The Balaban J connectivity index is 1.54. The molecule has 2 amide bonds. The maximum absolute atomic E-state index is 14.9. The van der Waals surface area contributed by atoms with Crippen molar-refractivity contribution in [3.8, 4) is 11.3 Å². The first kappa shape index (κ1) is 23.1. The molecule has 1 saturated heterocycles. The highest BCUT2D eigenvalue weighted by Gasteiger charge is 2.32. The largest absolute Gasteiger partial charge is 0.465 e. The number of carbonyl (C=O) groups is 2. The number of carbonyl (C=O) groups excluding carboxylic acids is 1. The molecule has 0 aliphatic carbocycles. The number of aryl methyl sites for hydroxylation is 1. The van der Waals surface area contributed by atoms with Crippen molar-refractivity contribution in [2.24, 2.45) is 7.05 Å². The van der Waals surface area contributed by atoms with Crippen LogP contribution in [0.3, 0.4) is 0 Å². The number of amides is 2. The lowest BCUT2D eigenvalue weighted by Gasteiger charge is -2.38. The van der Waals surface area contributed by atoms with Crippen molar-refractivity contribution >= 4 is 17.8 Å². The maximum Gasteiger partial charge on any atom is 0.407 e. The summed E-state index contributed by atoms with van der Waals surface area (Å²) in [6, 6.07) is 6.95. The van der Waals surface area contributed by atoms with Crippen LogP contribution in [0.4, 0.5) is 19.4 Å². The van der Waals surface area contributed by atoms with Crippen LogP contribution >= 0.6 is 0 Å². The van der Waals surface area contributed by atoms with Gasteiger partial charge in [-0.25, -0.2) is 18.6 Å². The molecular weight excluding hydrogens is 446 g/mol. The van der Waals surface area contributed by atoms with Gasteiger partial charge in [0.2, 0.25) is 0 Å². The molecule has 1 atom stereocenters. The zero-order chi connectivity index (χ0) is 24.2. The van der Waals surface area contributed by atoms with E-state index in [2.05, 4.69) is 20.7 Å². The monoisotopic (exact) mass is 470 g/mol. The van der Waals surface area contributed by atoms with Gasteiger partial charge in [0, 0.05) is 38.4 Å². The molecule has 178 valence electrons. The molecule has 4 rings (SSSR count). The lowest BCUT2D eigenvalue weighted by Crippen LogP contribution is -2.55. The molecular formula is C23H24F2N6O3. The second-order valence-electron chi connectivity index (χ2n) is 8.05. The van der Waals surface area contributed by atoms with Crippen LogP contribution in [-0.4, -0.2) is 62.4 Å². The van der Waals surface area contributed by atoms with Gasteiger partial charge in [-0.3, -0.25) is 9.48 Å². The maximum atomic E-state index is 14.9. The van der Waals surface area contributed by atoms with E-state index in [4.69, 9.17) is 5.11 Å². The number of hydrogen-bond donors (Lipinski definition) is 3. The molecule has 34 heavy (non-hydrogen) atoms. The minimum absolute atomic E-state index is 0.00872. The van der Waals surface area contributed by atoms with Crippen LogP contribution in [0.15, 0.2) is 42.7 Å². The van der Waals surface area contributed by atoms with Gasteiger partial charge in [0.25, 0.3) is 5.91 Å². The molecule has 1 aromatic carbocycles. The predicted molar refractivity (Wildman–Crippen MR) is 120 cm³/mol. The molecule has 0 spiro atoms. The molecule has 1 aliphatic rings. The number of hydrogen-bond acceptors (Lipinski definition) is 5. The summed E-state index contributed by atoms with van der Waals surface area (Å²) in [6.45, 7) is 0.850. The number of halogens is 2. The SMILES string of the molecule is Cn1cc(-c2nc(NCCc3cccc(F)c3)c(C(=O)NC[C@H]3CCN3C(=O)O)cc2F)cn1. The molecule has 0 radical (unpaired) electrons. The zero-order valence-electron chi connectivity index (χ0n) is 18.5. The minimum Gasteiger partial charge on any atom is -0.465 e. The van der Waals surface area contributed by atoms with Crippen molar-refractivity contribution in [2.75, 3.05) is 25.0 Å². The summed E-state index contributed by atoms with van der Waals surface area (Å²) < 4.78 is 29.9. The van der Waals surface area contributed by atoms with Crippen LogP contribution in [0.5, 0.6) is 0 Å². The highest BCUT2D eigenvalue weighted by molar-refractivity contribution is 5.99. The highest BCUT2D eigenvalue weighted by Crippen LogP contribution is 2.25. The number of carboxylic acid groups (broad SMARTS) is 1. The van der Waals surface area contributed by atoms with Gasteiger partial charge in [0.15, 0.2) is 5.82 Å². The average molecular weight is 470 g/mol. The first-order valence-corrected chi connectivity index (χ1v) is 10.8. The number of benzene rings is 1. The third-order valence-electron chi connectivity index (χ3n) is 5.68. The Morgan fingerprint density at radius 3 is 2.74 bits per heavy atom. The van der Waals surface area contributed by atoms with E-state index < -0.39 is 17.8 Å². The fourth-order valence-corrected chi connectivity index (χ4v) is 3.77. The summed E-state index contributed by atoms with van der Waals surface area (Å²) in [7, 11) is 1.70. The number of pyridine rings is 1. The standard InChI is InChI=1S/C23H24F2N6O3/c1-30-13-15(11-28-30)20-19(25)10-18(22(32)27-12-17-6-8-31(17)23(33)34)21(29-20)26-7-5-14-3-2-4-16(24)9-14/h2-4,9-11,13,17H,5-8,12H2,1H3,(H,26,29)(H,27,32)(H,33,34)/t17-/m1/s1. The number of nitrogens with one attached hydrogen (secondary N) is 2. The second kappa shape index (κ2) is 9.86. The van der Waals surface area contributed by atoms with Gasteiger partial charge in [-0.1, -0.05) is 12.1 Å². The number of anilines is 1. The number of aromatic nitrogens is 3. The summed E-state index contributed by atoms with van der Waals surface area (Å²) >= 11 is 0. The van der Waals surface area contributed by atoms with Crippen molar-refractivity contribution in [1.29, 1.82) is 0 Å². The summed E-state index contributed by atoms with van der Waals surface area (Å²) in [5.74, 6) is -1.44. The summed E-state index contributed by atoms with van der Waals surface area (Å²) in [4.78, 5) is 29.6. The van der Waals surface area contributed by atoms with E-state index >= 15 is 0 Å². The first-order chi connectivity index (χ1) is 16.3. The first-order valence-electron chi connectivity index (χ1n) is 10.8. The van der Waals surface area contributed by atoms with E-state index in [1.165, 1.54) is 27.9 Å². The quantitative estimate of drug-likeness (QED) is 0.467. The van der Waals surface area contributed by atoms with Crippen molar-refractivity contribution in [1.82, 2.24) is 25.0 Å². The van der Waals surface area contributed by atoms with E-state index in [1.54, 1.807) is 25.4 Å².